The summed E-state index contributed by atoms with van der Waals surface area (Å²) in [6, 6.07) is 0. The molecule has 3 aromatic rings. The second-order valence-corrected chi connectivity index (χ2v) is 6.77. The average Bonchev–Trinajstić information content (AvgIpc) is 3.36. The molecule has 8 nitrogen and oxygen atoms in total. The minimum Gasteiger partial charge on any atom is -0.318 e. The number of rotatable bonds is 8. The molecule has 1 amide bonds. The molecular weight excluding hydrogens is 350 g/mol. The third-order valence-corrected chi connectivity index (χ3v) is 5.01. The van der Waals surface area contributed by atoms with Crippen LogP contribution in [0.25, 0.3) is 10.6 Å². The summed E-state index contributed by atoms with van der Waals surface area (Å²) in [6.07, 6.45) is 7.12. The summed E-state index contributed by atoms with van der Waals surface area (Å²) in [5.74, 6) is -0.236. The predicted molar refractivity (Wildman–Crippen MR) is 102 cm³/mol. The number of nitrogens with zero attached hydrogens (tertiary/aromatic N) is 6. The Hall–Kier alpha value is -2.52. The fraction of sp³-hybridized carbons (Fsp3) is 0.412. The first-order valence-electron chi connectivity index (χ1n) is 8.59. The van der Waals surface area contributed by atoms with Crippen molar-refractivity contribution in [3.63, 3.8) is 0 Å². The van der Waals surface area contributed by atoms with Crippen LogP contribution in [0, 0.1) is 0 Å². The van der Waals surface area contributed by atoms with E-state index in [1.54, 1.807) is 22.5 Å². The van der Waals surface area contributed by atoms with Crippen LogP contribution in [0.2, 0.25) is 0 Å². The van der Waals surface area contributed by atoms with Crippen LogP contribution in [0.5, 0.6) is 0 Å². The lowest BCUT2D eigenvalue weighted by Gasteiger charge is -2.17. The van der Waals surface area contributed by atoms with E-state index in [-0.39, 0.29) is 5.91 Å². The van der Waals surface area contributed by atoms with Gasteiger partial charge < -0.3 is 10.2 Å². The van der Waals surface area contributed by atoms with Crippen LogP contribution in [0.1, 0.15) is 24.3 Å². The third kappa shape index (κ3) is 4.36. The molecule has 0 radical (unpaired) electrons. The standard InChI is InChI=1S/C17H23N7OS/c1-4-23(5-2)6-7-24-11-14(9-19-24)20-16(25)15-12-26-17(21-15)13-8-18-22(3)10-13/h8-12H,4-7H2,1-3H3,(H,20,25). The van der Waals surface area contributed by atoms with Crippen LogP contribution in [-0.2, 0) is 13.6 Å². The zero-order valence-corrected chi connectivity index (χ0v) is 16.0. The number of carbonyl (C=O) groups is 1. The molecule has 3 rings (SSSR count). The third-order valence-electron chi connectivity index (χ3n) is 4.12. The number of aromatic nitrogens is 5. The molecule has 1 N–H and O–H groups in total. The van der Waals surface area contributed by atoms with Gasteiger partial charge in [-0.05, 0) is 13.1 Å². The molecule has 0 saturated heterocycles. The SMILES string of the molecule is CCN(CC)CCn1cc(NC(=O)c2csc(-c3cnn(C)c3)n2)cn1. The van der Waals surface area contributed by atoms with Crippen LogP contribution >= 0.6 is 11.3 Å². The van der Waals surface area contributed by atoms with E-state index < -0.39 is 0 Å². The largest absolute Gasteiger partial charge is 0.318 e. The molecule has 0 aliphatic rings. The Balaban J connectivity index is 1.59. The molecule has 26 heavy (non-hydrogen) atoms. The van der Waals surface area contributed by atoms with Crippen molar-refractivity contribution in [3.8, 4) is 10.6 Å². The molecule has 0 aliphatic carbocycles. The zero-order chi connectivity index (χ0) is 18.5. The Morgan fingerprint density at radius 3 is 2.73 bits per heavy atom. The normalized spacial score (nSPS) is 11.2. The van der Waals surface area contributed by atoms with Gasteiger partial charge in [0.25, 0.3) is 5.91 Å². The first-order valence-corrected chi connectivity index (χ1v) is 9.47. The van der Waals surface area contributed by atoms with Gasteiger partial charge in [0.2, 0.25) is 0 Å². The molecule has 9 heteroatoms. The molecule has 0 bridgehead atoms. The van der Waals surface area contributed by atoms with E-state index in [0.717, 1.165) is 36.8 Å². The van der Waals surface area contributed by atoms with Crippen molar-refractivity contribution in [3.05, 3.63) is 35.9 Å². The van der Waals surface area contributed by atoms with Crippen LogP contribution < -0.4 is 5.32 Å². The maximum absolute atomic E-state index is 12.4. The molecule has 0 saturated carbocycles. The van der Waals surface area contributed by atoms with Gasteiger partial charge >= 0.3 is 0 Å². The number of anilines is 1. The zero-order valence-electron chi connectivity index (χ0n) is 15.2. The number of hydrogen-bond acceptors (Lipinski definition) is 6. The number of thiazole rings is 1. The van der Waals surface area contributed by atoms with Gasteiger partial charge in [0.05, 0.1) is 24.6 Å². The van der Waals surface area contributed by atoms with Crippen molar-refractivity contribution in [1.29, 1.82) is 0 Å². The second kappa shape index (κ2) is 8.24. The van der Waals surface area contributed by atoms with Gasteiger partial charge in [-0.1, -0.05) is 13.8 Å². The van der Waals surface area contributed by atoms with Crippen molar-refractivity contribution < 1.29 is 4.79 Å². The number of carbonyl (C=O) groups excluding carboxylic acids is 1. The highest BCUT2D eigenvalue weighted by Crippen LogP contribution is 2.23. The summed E-state index contributed by atoms with van der Waals surface area (Å²) in [5.41, 5.74) is 1.97. The maximum Gasteiger partial charge on any atom is 0.275 e. The molecule has 138 valence electrons. The predicted octanol–water partition coefficient (Wildman–Crippen LogP) is 2.33. The highest BCUT2D eigenvalue weighted by molar-refractivity contribution is 7.13. The van der Waals surface area contributed by atoms with E-state index >= 15 is 0 Å². The molecule has 3 heterocycles. The lowest BCUT2D eigenvalue weighted by atomic mass is 10.4. The molecule has 0 aromatic carbocycles. The summed E-state index contributed by atoms with van der Waals surface area (Å²) < 4.78 is 3.55. The summed E-state index contributed by atoms with van der Waals surface area (Å²) in [7, 11) is 1.85. The van der Waals surface area contributed by atoms with Gasteiger partial charge in [0.15, 0.2) is 0 Å². The van der Waals surface area contributed by atoms with Gasteiger partial charge in [-0.15, -0.1) is 11.3 Å². The lowest BCUT2D eigenvalue weighted by molar-refractivity contribution is 0.102. The van der Waals surface area contributed by atoms with Gasteiger partial charge in [-0.3, -0.25) is 14.2 Å². The smallest absolute Gasteiger partial charge is 0.275 e. The molecule has 3 aromatic heterocycles. The van der Waals surface area contributed by atoms with E-state index in [2.05, 4.69) is 39.2 Å². The number of amides is 1. The van der Waals surface area contributed by atoms with Crippen LogP contribution in [0.3, 0.4) is 0 Å². The molecule has 0 spiro atoms. The molecule has 0 fully saturated rings. The highest BCUT2D eigenvalue weighted by Gasteiger charge is 2.14. The molecular formula is C17H23N7OS. The molecule has 0 atom stereocenters. The van der Waals surface area contributed by atoms with Crippen molar-refractivity contribution in [1.82, 2.24) is 29.4 Å². The first-order chi connectivity index (χ1) is 12.6. The maximum atomic E-state index is 12.4. The van der Waals surface area contributed by atoms with Gasteiger partial charge in [0, 0.05) is 36.9 Å². The Morgan fingerprint density at radius 2 is 2.04 bits per heavy atom. The summed E-state index contributed by atoms with van der Waals surface area (Å²) in [4.78, 5) is 19.1. The Bertz CT molecular complexity index is 862. The van der Waals surface area contributed by atoms with E-state index in [4.69, 9.17) is 0 Å². The van der Waals surface area contributed by atoms with E-state index in [9.17, 15) is 4.79 Å². The lowest BCUT2D eigenvalue weighted by Crippen LogP contribution is -2.27. The first kappa shape index (κ1) is 18.3. The Labute approximate surface area is 156 Å². The average molecular weight is 373 g/mol. The topological polar surface area (TPSA) is 80.9 Å². The minimum atomic E-state index is -0.236. The molecule has 0 unspecified atom stereocenters. The number of aryl methyl sites for hydroxylation is 1. The van der Waals surface area contributed by atoms with Gasteiger partial charge in [-0.2, -0.15) is 10.2 Å². The fourth-order valence-electron chi connectivity index (χ4n) is 2.57. The Morgan fingerprint density at radius 1 is 1.23 bits per heavy atom. The molecule has 0 aliphatic heterocycles. The number of nitrogens with one attached hydrogen (secondary N) is 1. The van der Waals surface area contributed by atoms with E-state index in [1.807, 2.05) is 24.1 Å². The number of hydrogen-bond donors (Lipinski definition) is 1. The fourth-order valence-corrected chi connectivity index (χ4v) is 3.35. The number of likely N-dealkylation sites (N-methyl/N-ethyl adjacent to an activating group) is 1. The highest BCUT2D eigenvalue weighted by atomic mass is 32.1. The monoisotopic (exact) mass is 373 g/mol. The Kier molecular flexibility index (Phi) is 5.79. The van der Waals surface area contributed by atoms with E-state index in [0.29, 0.717) is 11.4 Å². The quantitative estimate of drug-likeness (QED) is 0.655. The summed E-state index contributed by atoms with van der Waals surface area (Å²) >= 11 is 1.42. The minimum absolute atomic E-state index is 0.236. The van der Waals surface area contributed by atoms with Crippen molar-refractivity contribution >= 4 is 22.9 Å². The van der Waals surface area contributed by atoms with Crippen LogP contribution in [-0.4, -0.2) is 55.0 Å². The summed E-state index contributed by atoms with van der Waals surface area (Å²) in [6.45, 7) is 8.05. The van der Waals surface area contributed by atoms with Crippen molar-refractivity contribution in [2.75, 3.05) is 25.0 Å². The second-order valence-electron chi connectivity index (χ2n) is 5.91. The van der Waals surface area contributed by atoms with Crippen molar-refractivity contribution in [2.24, 2.45) is 7.05 Å². The van der Waals surface area contributed by atoms with Gasteiger partial charge in [0.1, 0.15) is 10.7 Å². The van der Waals surface area contributed by atoms with Crippen molar-refractivity contribution in [2.45, 2.75) is 20.4 Å². The van der Waals surface area contributed by atoms with Crippen LogP contribution in [0.4, 0.5) is 5.69 Å². The summed E-state index contributed by atoms with van der Waals surface area (Å²) in [5, 5.41) is 13.8. The van der Waals surface area contributed by atoms with Gasteiger partial charge in [-0.25, -0.2) is 4.98 Å². The van der Waals surface area contributed by atoms with Crippen LogP contribution in [0.15, 0.2) is 30.2 Å². The van der Waals surface area contributed by atoms with E-state index in [1.165, 1.54) is 11.3 Å².